The van der Waals surface area contributed by atoms with Gasteiger partial charge >= 0.3 is 5.97 Å². The topological polar surface area (TPSA) is 131 Å². The van der Waals surface area contributed by atoms with Gasteiger partial charge < -0.3 is 20.6 Å². The maximum atomic E-state index is 13.3. The van der Waals surface area contributed by atoms with Crippen LogP contribution in [-0.4, -0.2) is 80.9 Å². The number of nitriles is 1. The Morgan fingerprint density at radius 3 is 2.79 bits per heavy atom. The molecule has 3 aliphatic heterocycles. The average molecular weight is 450 g/mol. The van der Waals surface area contributed by atoms with E-state index in [1.807, 2.05) is 15.9 Å². The number of carboxylic acids is 1. The lowest BCUT2D eigenvalue weighted by molar-refractivity contribution is -0.141. The number of carbonyl (C=O) groups is 3. The van der Waals surface area contributed by atoms with Gasteiger partial charge in [0.1, 0.15) is 6.04 Å². The third-order valence-corrected chi connectivity index (χ3v) is 8.34. The van der Waals surface area contributed by atoms with Crippen LogP contribution in [-0.2, 0) is 16.0 Å². The molecule has 0 aromatic heterocycles. The molecule has 1 aromatic carbocycles. The van der Waals surface area contributed by atoms with Gasteiger partial charge in [-0.25, -0.2) is 4.79 Å². The number of piperazine rings is 1. The monoisotopic (exact) mass is 449 g/mol. The van der Waals surface area contributed by atoms with Crippen molar-refractivity contribution in [3.05, 3.63) is 34.9 Å². The Morgan fingerprint density at radius 2 is 2.06 bits per heavy atom. The molecule has 5 aliphatic rings. The van der Waals surface area contributed by atoms with Crippen LogP contribution in [0, 0.1) is 17.2 Å². The molecule has 3 N–H and O–H groups in total. The van der Waals surface area contributed by atoms with E-state index in [1.54, 1.807) is 17.0 Å². The molecule has 9 heteroatoms. The second kappa shape index (κ2) is 7.27. The van der Waals surface area contributed by atoms with E-state index in [2.05, 4.69) is 6.07 Å². The number of hydrogen-bond acceptors (Lipinski definition) is 6. The van der Waals surface area contributed by atoms with E-state index in [1.165, 1.54) is 0 Å². The van der Waals surface area contributed by atoms with E-state index < -0.39 is 12.0 Å². The van der Waals surface area contributed by atoms with Crippen LogP contribution in [0.1, 0.15) is 53.2 Å². The first-order valence-corrected chi connectivity index (χ1v) is 11.8. The zero-order valence-electron chi connectivity index (χ0n) is 18.3. The highest BCUT2D eigenvalue weighted by atomic mass is 16.4. The van der Waals surface area contributed by atoms with E-state index in [4.69, 9.17) is 5.73 Å². The fourth-order valence-electron chi connectivity index (χ4n) is 6.73. The Morgan fingerprint density at radius 1 is 1.24 bits per heavy atom. The molecule has 2 aliphatic carbocycles. The number of nitrogens with two attached hydrogens (primary N) is 1. The van der Waals surface area contributed by atoms with Crippen LogP contribution in [0.4, 0.5) is 0 Å². The second-order valence-corrected chi connectivity index (χ2v) is 10.2. The van der Waals surface area contributed by atoms with E-state index in [0.29, 0.717) is 19.0 Å². The molecule has 9 nitrogen and oxygen atoms in total. The molecule has 3 saturated heterocycles. The molecule has 4 fully saturated rings. The van der Waals surface area contributed by atoms with Crippen LogP contribution in [0.3, 0.4) is 0 Å². The first-order chi connectivity index (χ1) is 15.9. The Hall–Kier alpha value is -2.96. The maximum Gasteiger partial charge on any atom is 0.335 e. The average Bonchev–Trinajstić information content (AvgIpc) is 3.15. The van der Waals surface area contributed by atoms with Crippen molar-refractivity contribution in [3.8, 4) is 6.07 Å². The molecule has 6 rings (SSSR count). The van der Waals surface area contributed by atoms with E-state index in [-0.39, 0.29) is 47.6 Å². The van der Waals surface area contributed by atoms with Crippen LogP contribution in [0.15, 0.2) is 18.2 Å². The minimum atomic E-state index is -0.939. The molecule has 172 valence electrons. The normalized spacial score (nSPS) is 34.8. The summed E-state index contributed by atoms with van der Waals surface area (Å²) in [6.07, 6.45) is 4.02. The van der Waals surface area contributed by atoms with Gasteiger partial charge in [0.25, 0.3) is 0 Å². The summed E-state index contributed by atoms with van der Waals surface area (Å²) in [5.41, 5.74) is 8.64. The van der Waals surface area contributed by atoms with Crippen LogP contribution in [0.5, 0.6) is 0 Å². The van der Waals surface area contributed by atoms with E-state index in [0.717, 1.165) is 43.2 Å². The standard InChI is InChI=1S/C24H27N5O4/c25-9-15-6-14-7-20(14)28(15)22(30)18(26)11-27-10-16-8-21(27)23(31)29(16)19-4-2-12-5-13(24(32)33)1-3-17(12)19/h1,3,5,14-16,18-21H,2,4,6-8,10-11,26H2,(H,32,33)/t14-,15+,16?,18+,19-,20+,21-/m1/s1. The molecule has 33 heavy (non-hydrogen) atoms. The predicted octanol–water partition coefficient (Wildman–Crippen LogP) is 0.497. The van der Waals surface area contributed by atoms with Crippen molar-refractivity contribution in [2.75, 3.05) is 13.1 Å². The van der Waals surface area contributed by atoms with Gasteiger partial charge in [0.2, 0.25) is 11.8 Å². The third kappa shape index (κ3) is 3.08. The van der Waals surface area contributed by atoms with Gasteiger partial charge in [-0.1, -0.05) is 6.07 Å². The highest BCUT2D eigenvalue weighted by molar-refractivity contribution is 5.89. The number of carboxylic acid groups (broad SMARTS) is 1. The zero-order chi connectivity index (χ0) is 23.0. The van der Waals surface area contributed by atoms with Crippen LogP contribution in [0.25, 0.3) is 0 Å². The number of fused-ring (bicyclic) bond motifs is 4. The SMILES string of the molecule is N#C[C@@H]1C[C@@H]2C[C@@H]2N1C(=O)[C@@H](N)CN1CC2C[C@@H]1C(=O)N2[C@@H]1CCc2cc(C(=O)O)ccc21. The van der Waals surface area contributed by atoms with Crippen molar-refractivity contribution < 1.29 is 19.5 Å². The molecule has 7 atom stereocenters. The summed E-state index contributed by atoms with van der Waals surface area (Å²) >= 11 is 0. The molecule has 1 unspecified atom stereocenters. The number of aryl methyl sites for hydroxylation is 1. The number of aromatic carboxylic acids is 1. The van der Waals surface area contributed by atoms with Gasteiger partial charge in [-0.15, -0.1) is 0 Å². The lowest BCUT2D eigenvalue weighted by atomic mass is 10.0. The summed E-state index contributed by atoms with van der Waals surface area (Å²) in [7, 11) is 0. The summed E-state index contributed by atoms with van der Waals surface area (Å²) in [6.45, 7) is 1.01. The van der Waals surface area contributed by atoms with Crippen molar-refractivity contribution in [3.63, 3.8) is 0 Å². The van der Waals surface area contributed by atoms with Crippen molar-refractivity contribution >= 4 is 17.8 Å². The summed E-state index contributed by atoms with van der Waals surface area (Å²) in [5.74, 6) is -0.585. The quantitative estimate of drug-likeness (QED) is 0.669. The molecule has 2 bridgehead atoms. The van der Waals surface area contributed by atoms with Crippen LogP contribution < -0.4 is 5.73 Å². The molecule has 0 spiro atoms. The lowest BCUT2D eigenvalue weighted by Gasteiger charge is -2.38. The predicted molar refractivity (Wildman–Crippen MR) is 116 cm³/mol. The molecule has 3 heterocycles. The number of carbonyl (C=O) groups excluding carboxylic acids is 2. The summed E-state index contributed by atoms with van der Waals surface area (Å²) in [4.78, 5) is 43.3. The third-order valence-electron chi connectivity index (χ3n) is 8.34. The van der Waals surface area contributed by atoms with Crippen LogP contribution in [0.2, 0.25) is 0 Å². The van der Waals surface area contributed by atoms with Gasteiger partial charge in [-0.2, -0.15) is 5.26 Å². The minimum absolute atomic E-state index is 0.0180. The minimum Gasteiger partial charge on any atom is -0.478 e. The number of piperidine rings is 1. The Bertz CT molecular complexity index is 1100. The van der Waals surface area contributed by atoms with Gasteiger partial charge in [-0.05, 0) is 61.3 Å². The molecule has 1 saturated carbocycles. The number of amides is 2. The maximum absolute atomic E-state index is 13.3. The number of nitrogens with zero attached hydrogens (tertiary/aromatic N) is 4. The fraction of sp³-hybridized carbons (Fsp3) is 0.583. The summed E-state index contributed by atoms with van der Waals surface area (Å²) in [5, 5.41) is 18.6. The van der Waals surface area contributed by atoms with Gasteiger partial charge in [-0.3, -0.25) is 14.5 Å². The fourth-order valence-corrected chi connectivity index (χ4v) is 6.73. The molecule has 0 radical (unpaired) electrons. The second-order valence-electron chi connectivity index (χ2n) is 10.2. The van der Waals surface area contributed by atoms with E-state index >= 15 is 0 Å². The smallest absolute Gasteiger partial charge is 0.335 e. The molecule has 1 aromatic rings. The van der Waals surface area contributed by atoms with Crippen molar-refractivity contribution in [2.24, 2.45) is 11.7 Å². The lowest BCUT2D eigenvalue weighted by Crippen LogP contribution is -2.57. The van der Waals surface area contributed by atoms with Crippen LogP contribution >= 0.6 is 0 Å². The van der Waals surface area contributed by atoms with Gasteiger partial charge in [0, 0.05) is 25.2 Å². The van der Waals surface area contributed by atoms with Crippen molar-refractivity contribution in [1.29, 1.82) is 5.26 Å². The highest BCUT2D eigenvalue weighted by Crippen LogP contribution is 2.48. The van der Waals surface area contributed by atoms with Gasteiger partial charge in [0.15, 0.2) is 0 Å². The number of hydrogen-bond donors (Lipinski definition) is 2. The molecular formula is C24H27N5O4. The number of benzene rings is 1. The first-order valence-electron chi connectivity index (χ1n) is 11.8. The molecule has 2 amide bonds. The summed E-state index contributed by atoms with van der Waals surface area (Å²) < 4.78 is 0. The van der Waals surface area contributed by atoms with Crippen molar-refractivity contribution in [2.45, 2.75) is 68.4 Å². The Balaban J connectivity index is 1.13. The Labute approximate surface area is 191 Å². The van der Waals surface area contributed by atoms with Gasteiger partial charge in [0.05, 0.1) is 29.8 Å². The zero-order valence-corrected chi connectivity index (χ0v) is 18.3. The molecular weight excluding hydrogens is 422 g/mol. The first kappa shape index (κ1) is 20.6. The number of rotatable bonds is 5. The van der Waals surface area contributed by atoms with E-state index in [9.17, 15) is 24.8 Å². The summed E-state index contributed by atoms with van der Waals surface area (Å²) in [6, 6.07) is 6.29. The highest BCUT2D eigenvalue weighted by Gasteiger charge is 2.56. The Kier molecular flexibility index (Phi) is 4.55. The van der Waals surface area contributed by atoms with Crippen molar-refractivity contribution in [1.82, 2.24) is 14.7 Å². The largest absolute Gasteiger partial charge is 0.478 e. The number of likely N-dealkylation sites (tertiary alicyclic amines) is 3.